The highest BCUT2D eigenvalue weighted by molar-refractivity contribution is 7.98. The van der Waals surface area contributed by atoms with Gasteiger partial charge >= 0.3 is 0 Å². The summed E-state index contributed by atoms with van der Waals surface area (Å²) in [5.41, 5.74) is 0.677. The lowest BCUT2D eigenvalue weighted by molar-refractivity contribution is 0.373. The molecule has 108 valence electrons. The second-order valence-electron chi connectivity index (χ2n) is 4.81. The van der Waals surface area contributed by atoms with E-state index >= 15 is 0 Å². The van der Waals surface area contributed by atoms with Gasteiger partial charge in [0.05, 0.1) is 12.9 Å². The summed E-state index contributed by atoms with van der Waals surface area (Å²) in [6, 6.07) is 5.00. The van der Waals surface area contributed by atoms with Crippen molar-refractivity contribution in [2.75, 3.05) is 12.9 Å². The SMILES string of the molecule is COc1ccc(-c2nc(CSCC(C)C)no2)cc1O. The number of methoxy groups -OCH3 is 1. The van der Waals surface area contributed by atoms with E-state index in [0.29, 0.717) is 28.9 Å². The van der Waals surface area contributed by atoms with Crippen molar-refractivity contribution in [3.63, 3.8) is 0 Å². The maximum Gasteiger partial charge on any atom is 0.258 e. The summed E-state index contributed by atoms with van der Waals surface area (Å²) in [5.74, 6) is 3.98. The number of ether oxygens (including phenoxy) is 1. The van der Waals surface area contributed by atoms with Gasteiger partial charge in [-0.1, -0.05) is 19.0 Å². The number of nitrogens with zero attached hydrogens (tertiary/aromatic N) is 2. The molecule has 0 atom stereocenters. The predicted molar refractivity (Wildman–Crippen MR) is 79.0 cm³/mol. The van der Waals surface area contributed by atoms with E-state index in [-0.39, 0.29) is 5.75 Å². The Balaban J connectivity index is 2.06. The summed E-state index contributed by atoms with van der Waals surface area (Å²) in [6.45, 7) is 4.35. The molecule has 1 N–H and O–H groups in total. The van der Waals surface area contributed by atoms with Crippen LogP contribution >= 0.6 is 11.8 Å². The van der Waals surface area contributed by atoms with Gasteiger partial charge in [-0.15, -0.1) is 0 Å². The number of aromatic nitrogens is 2. The lowest BCUT2D eigenvalue weighted by atomic mass is 10.2. The van der Waals surface area contributed by atoms with E-state index in [1.54, 1.807) is 30.0 Å². The molecule has 1 aromatic heterocycles. The maximum atomic E-state index is 9.74. The number of benzene rings is 1. The third kappa shape index (κ3) is 3.66. The van der Waals surface area contributed by atoms with E-state index in [1.807, 2.05) is 0 Å². The Hall–Kier alpha value is -1.69. The van der Waals surface area contributed by atoms with Crippen molar-refractivity contribution in [3.8, 4) is 23.0 Å². The van der Waals surface area contributed by atoms with Crippen molar-refractivity contribution >= 4 is 11.8 Å². The van der Waals surface area contributed by atoms with Crippen LogP contribution in [-0.4, -0.2) is 28.1 Å². The summed E-state index contributed by atoms with van der Waals surface area (Å²) >= 11 is 1.78. The molecule has 5 nitrogen and oxygen atoms in total. The third-order valence-electron chi connectivity index (χ3n) is 2.58. The number of hydrogen-bond donors (Lipinski definition) is 1. The average Bonchev–Trinajstić information content (AvgIpc) is 2.87. The van der Waals surface area contributed by atoms with Gasteiger partial charge in [0.25, 0.3) is 5.89 Å². The van der Waals surface area contributed by atoms with Gasteiger partial charge < -0.3 is 14.4 Å². The fourth-order valence-electron chi connectivity index (χ4n) is 1.64. The molecule has 2 aromatic rings. The van der Waals surface area contributed by atoms with Gasteiger partial charge in [0.1, 0.15) is 0 Å². The summed E-state index contributed by atoms with van der Waals surface area (Å²) in [7, 11) is 1.51. The van der Waals surface area contributed by atoms with Crippen LogP contribution in [0, 0.1) is 5.92 Å². The number of phenols is 1. The van der Waals surface area contributed by atoms with Crippen molar-refractivity contribution in [2.45, 2.75) is 19.6 Å². The largest absolute Gasteiger partial charge is 0.504 e. The first-order valence-corrected chi connectivity index (χ1v) is 7.53. The van der Waals surface area contributed by atoms with Crippen LogP contribution in [0.25, 0.3) is 11.5 Å². The molecule has 20 heavy (non-hydrogen) atoms. The van der Waals surface area contributed by atoms with E-state index < -0.39 is 0 Å². The predicted octanol–water partition coefficient (Wildman–Crippen LogP) is 3.34. The molecule has 0 amide bonds. The molecular formula is C14H18N2O3S. The zero-order valence-corrected chi connectivity index (χ0v) is 12.6. The second-order valence-corrected chi connectivity index (χ2v) is 5.84. The molecule has 0 aliphatic heterocycles. The first-order chi connectivity index (χ1) is 9.60. The Kier molecular flexibility index (Phi) is 4.89. The van der Waals surface area contributed by atoms with Crippen molar-refractivity contribution in [1.82, 2.24) is 10.1 Å². The Labute approximate surface area is 122 Å². The molecule has 0 bridgehead atoms. The van der Waals surface area contributed by atoms with Crippen LogP contribution in [0.2, 0.25) is 0 Å². The summed E-state index contributed by atoms with van der Waals surface area (Å²) in [4.78, 5) is 4.32. The Bertz CT molecular complexity index is 569. The number of phenolic OH excluding ortho intramolecular Hbond substituents is 1. The first kappa shape index (κ1) is 14.7. The van der Waals surface area contributed by atoms with Crippen molar-refractivity contribution in [1.29, 1.82) is 0 Å². The molecule has 6 heteroatoms. The number of rotatable bonds is 6. The number of hydrogen-bond acceptors (Lipinski definition) is 6. The van der Waals surface area contributed by atoms with Gasteiger partial charge in [-0.05, 0) is 29.9 Å². The highest BCUT2D eigenvalue weighted by Gasteiger charge is 2.11. The molecule has 1 aromatic carbocycles. The smallest absolute Gasteiger partial charge is 0.258 e. The van der Waals surface area contributed by atoms with Gasteiger partial charge in [0, 0.05) is 5.56 Å². The lowest BCUT2D eigenvalue weighted by Gasteiger charge is -2.03. The van der Waals surface area contributed by atoms with Crippen molar-refractivity contribution < 1.29 is 14.4 Å². The molecule has 0 unspecified atom stereocenters. The molecule has 0 fully saturated rings. The second kappa shape index (κ2) is 6.65. The standard InChI is InChI=1S/C14H18N2O3S/c1-9(2)7-20-8-13-15-14(19-16-13)10-4-5-12(18-3)11(17)6-10/h4-6,9,17H,7-8H2,1-3H3. The topological polar surface area (TPSA) is 68.4 Å². The van der Waals surface area contributed by atoms with Gasteiger partial charge in [0.2, 0.25) is 0 Å². The highest BCUT2D eigenvalue weighted by Crippen LogP contribution is 2.30. The zero-order valence-electron chi connectivity index (χ0n) is 11.8. The highest BCUT2D eigenvalue weighted by atomic mass is 32.2. The minimum Gasteiger partial charge on any atom is -0.504 e. The minimum absolute atomic E-state index is 0.0546. The number of thioether (sulfide) groups is 1. The van der Waals surface area contributed by atoms with E-state index in [1.165, 1.54) is 7.11 Å². The van der Waals surface area contributed by atoms with Crippen molar-refractivity contribution in [3.05, 3.63) is 24.0 Å². The van der Waals surface area contributed by atoms with Crippen LogP contribution in [0.15, 0.2) is 22.7 Å². The Morgan fingerprint density at radius 2 is 2.20 bits per heavy atom. The van der Waals surface area contributed by atoms with Crippen LogP contribution in [0.4, 0.5) is 0 Å². The molecule has 0 aliphatic rings. The Morgan fingerprint density at radius 1 is 1.40 bits per heavy atom. The average molecular weight is 294 g/mol. The van der Waals surface area contributed by atoms with Crippen LogP contribution in [0.5, 0.6) is 11.5 Å². The van der Waals surface area contributed by atoms with E-state index in [0.717, 1.165) is 11.5 Å². The normalized spacial score (nSPS) is 11.0. The summed E-state index contributed by atoms with van der Waals surface area (Å²) in [5, 5.41) is 13.7. The van der Waals surface area contributed by atoms with Gasteiger partial charge in [0.15, 0.2) is 17.3 Å². The van der Waals surface area contributed by atoms with E-state index in [9.17, 15) is 5.11 Å². The van der Waals surface area contributed by atoms with E-state index in [4.69, 9.17) is 9.26 Å². The summed E-state index contributed by atoms with van der Waals surface area (Å²) < 4.78 is 10.2. The third-order valence-corrected chi connectivity index (χ3v) is 3.94. The molecular weight excluding hydrogens is 276 g/mol. The van der Waals surface area contributed by atoms with Gasteiger partial charge in [-0.3, -0.25) is 0 Å². The molecule has 0 spiro atoms. The molecule has 1 heterocycles. The first-order valence-electron chi connectivity index (χ1n) is 6.38. The Morgan fingerprint density at radius 3 is 2.85 bits per heavy atom. The maximum absolute atomic E-state index is 9.74. The molecule has 0 saturated carbocycles. The molecule has 0 saturated heterocycles. The van der Waals surface area contributed by atoms with Gasteiger partial charge in [-0.2, -0.15) is 16.7 Å². The number of aromatic hydroxyl groups is 1. The quantitative estimate of drug-likeness (QED) is 0.881. The van der Waals surface area contributed by atoms with Crippen LogP contribution in [0.3, 0.4) is 0 Å². The van der Waals surface area contributed by atoms with Crippen LogP contribution < -0.4 is 4.74 Å². The minimum atomic E-state index is 0.0546. The van der Waals surface area contributed by atoms with Crippen molar-refractivity contribution in [2.24, 2.45) is 5.92 Å². The fourth-order valence-corrected chi connectivity index (χ4v) is 2.53. The fraction of sp³-hybridized carbons (Fsp3) is 0.429. The summed E-state index contributed by atoms with van der Waals surface area (Å²) in [6.07, 6.45) is 0. The monoisotopic (exact) mass is 294 g/mol. The molecule has 0 aliphatic carbocycles. The molecule has 0 radical (unpaired) electrons. The van der Waals surface area contributed by atoms with Crippen LogP contribution in [0.1, 0.15) is 19.7 Å². The van der Waals surface area contributed by atoms with Crippen LogP contribution in [-0.2, 0) is 5.75 Å². The lowest BCUT2D eigenvalue weighted by Crippen LogP contribution is -1.92. The zero-order chi connectivity index (χ0) is 14.5. The van der Waals surface area contributed by atoms with Gasteiger partial charge in [-0.25, -0.2) is 0 Å². The molecule has 2 rings (SSSR count). The van der Waals surface area contributed by atoms with E-state index in [2.05, 4.69) is 24.0 Å².